The molecule has 0 atom stereocenters. The number of nitrogens with one attached hydrogen (secondary N) is 1. The number of pyridine rings is 1. The molecular formula is C23H21ClN2O3S. The minimum atomic E-state index is -3.15. The van der Waals surface area contributed by atoms with Crippen molar-refractivity contribution in [2.45, 2.75) is 12.8 Å². The summed E-state index contributed by atoms with van der Waals surface area (Å²) in [4.78, 5) is 17.9. The molecule has 0 fully saturated rings. The summed E-state index contributed by atoms with van der Waals surface area (Å²) in [6.45, 7) is 0.0748. The number of carbonyl (C=O) groups is 1. The molecule has 0 saturated heterocycles. The molecule has 1 N–H and O–H groups in total. The van der Waals surface area contributed by atoms with Crippen LogP contribution in [0.5, 0.6) is 0 Å². The van der Waals surface area contributed by atoms with Gasteiger partial charge in [0.05, 0.1) is 22.5 Å². The summed E-state index contributed by atoms with van der Waals surface area (Å²) in [5.74, 6) is -0.366. The van der Waals surface area contributed by atoms with Crippen molar-refractivity contribution in [3.05, 3.63) is 75.9 Å². The Morgan fingerprint density at radius 2 is 1.87 bits per heavy atom. The molecule has 4 rings (SSSR count). The number of nitrogens with zero attached hydrogens (tertiary/aromatic N) is 1. The number of benzene rings is 2. The molecule has 3 aromatic rings. The lowest BCUT2D eigenvalue weighted by Crippen LogP contribution is -2.29. The second-order valence-electron chi connectivity index (χ2n) is 7.41. The molecule has 1 amide bonds. The van der Waals surface area contributed by atoms with Crippen molar-refractivity contribution in [2.24, 2.45) is 0 Å². The van der Waals surface area contributed by atoms with Crippen molar-refractivity contribution < 1.29 is 13.2 Å². The van der Waals surface area contributed by atoms with Gasteiger partial charge in [-0.25, -0.2) is 13.4 Å². The Labute approximate surface area is 180 Å². The number of rotatable bonds is 5. The molecule has 1 aliphatic rings. The first kappa shape index (κ1) is 20.6. The van der Waals surface area contributed by atoms with E-state index >= 15 is 0 Å². The third kappa shape index (κ3) is 4.25. The van der Waals surface area contributed by atoms with Gasteiger partial charge in [-0.15, -0.1) is 0 Å². The van der Waals surface area contributed by atoms with Crippen LogP contribution in [0.4, 0.5) is 0 Å². The molecule has 2 aromatic carbocycles. The van der Waals surface area contributed by atoms with Crippen molar-refractivity contribution in [3.63, 3.8) is 0 Å². The topological polar surface area (TPSA) is 76.1 Å². The van der Waals surface area contributed by atoms with Gasteiger partial charge < -0.3 is 5.32 Å². The van der Waals surface area contributed by atoms with Crippen LogP contribution in [0, 0.1) is 0 Å². The van der Waals surface area contributed by atoms with Crippen LogP contribution in [0.15, 0.2) is 48.5 Å². The van der Waals surface area contributed by atoms with Gasteiger partial charge >= 0.3 is 0 Å². The van der Waals surface area contributed by atoms with Gasteiger partial charge in [-0.2, -0.15) is 0 Å². The summed E-state index contributed by atoms with van der Waals surface area (Å²) in [6.07, 6.45) is 4.64. The number of sulfone groups is 1. The Kier molecular flexibility index (Phi) is 5.62. The highest BCUT2D eigenvalue weighted by atomic mass is 35.5. The fourth-order valence-electron chi connectivity index (χ4n) is 3.76. The first-order valence-corrected chi connectivity index (χ1v) is 12.1. The van der Waals surface area contributed by atoms with Crippen LogP contribution in [-0.4, -0.2) is 37.9 Å². The average molecular weight is 441 g/mol. The number of amides is 1. The van der Waals surface area contributed by atoms with E-state index in [4.69, 9.17) is 16.6 Å². The number of hydrogen-bond acceptors (Lipinski definition) is 4. The van der Waals surface area contributed by atoms with Crippen molar-refractivity contribution in [2.75, 3.05) is 18.6 Å². The maximum absolute atomic E-state index is 13.0. The highest BCUT2D eigenvalue weighted by molar-refractivity contribution is 7.90. The largest absolute Gasteiger partial charge is 0.351 e. The molecule has 1 aliphatic carbocycles. The normalized spacial score (nSPS) is 14.8. The van der Waals surface area contributed by atoms with Gasteiger partial charge in [0, 0.05) is 23.2 Å². The molecule has 1 aromatic heterocycles. The van der Waals surface area contributed by atoms with Gasteiger partial charge in [-0.1, -0.05) is 48.0 Å². The summed E-state index contributed by atoms with van der Waals surface area (Å²) in [5.41, 5.74) is 4.96. The van der Waals surface area contributed by atoms with E-state index in [1.54, 1.807) is 0 Å². The van der Waals surface area contributed by atoms with E-state index in [2.05, 4.69) is 5.32 Å². The molecule has 30 heavy (non-hydrogen) atoms. The maximum Gasteiger partial charge on any atom is 0.252 e. The zero-order valence-electron chi connectivity index (χ0n) is 16.5. The Morgan fingerprint density at radius 1 is 1.13 bits per heavy atom. The summed E-state index contributed by atoms with van der Waals surface area (Å²) in [5, 5.41) is 4.20. The molecule has 1 heterocycles. The van der Waals surface area contributed by atoms with Crippen LogP contribution < -0.4 is 5.32 Å². The maximum atomic E-state index is 13.0. The third-order valence-corrected chi connectivity index (χ3v) is 6.45. The van der Waals surface area contributed by atoms with Gasteiger partial charge in [0.2, 0.25) is 0 Å². The predicted octanol–water partition coefficient (Wildman–Crippen LogP) is 4.15. The van der Waals surface area contributed by atoms with Crippen LogP contribution in [0.25, 0.3) is 22.6 Å². The standard InChI is InChI=1S/C23H21ClN2O3S/c1-30(28,29)13-12-25-23(27)21-17-7-3-5-9-20(17)26-22-16(10-11-18(21)22)14-15-6-2-4-8-19(15)24/h2-9,14H,10-13H2,1H3,(H,25,27)/b16-14-. The molecule has 5 nitrogen and oxygen atoms in total. The molecular weight excluding hydrogens is 420 g/mol. The van der Waals surface area contributed by atoms with Crippen LogP contribution in [0.2, 0.25) is 5.02 Å². The smallest absolute Gasteiger partial charge is 0.252 e. The van der Waals surface area contributed by atoms with E-state index in [0.717, 1.165) is 46.0 Å². The minimum Gasteiger partial charge on any atom is -0.351 e. The number of halogens is 1. The van der Waals surface area contributed by atoms with E-state index in [1.807, 2.05) is 54.6 Å². The highest BCUT2D eigenvalue weighted by Crippen LogP contribution is 2.38. The predicted molar refractivity (Wildman–Crippen MR) is 121 cm³/mol. The van der Waals surface area contributed by atoms with E-state index in [1.165, 1.54) is 0 Å². The van der Waals surface area contributed by atoms with Gasteiger partial charge in [0.15, 0.2) is 0 Å². The Bertz CT molecular complexity index is 1280. The van der Waals surface area contributed by atoms with Crippen LogP contribution in [0.3, 0.4) is 0 Å². The molecule has 0 unspecified atom stereocenters. The van der Waals surface area contributed by atoms with E-state index in [-0.39, 0.29) is 18.2 Å². The summed E-state index contributed by atoms with van der Waals surface area (Å²) in [7, 11) is -3.15. The lowest BCUT2D eigenvalue weighted by molar-refractivity contribution is 0.0957. The SMILES string of the molecule is CS(=O)(=O)CCNC(=O)c1c2c(nc3ccccc13)/C(=C\c1ccccc1Cl)CC2. The Hall–Kier alpha value is -2.70. The number of hydrogen-bond donors (Lipinski definition) is 1. The Morgan fingerprint density at radius 3 is 2.63 bits per heavy atom. The summed E-state index contributed by atoms with van der Waals surface area (Å²) in [6, 6.07) is 15.1. The lowest BCUT2D eigenvalue weighted by atomic mass is 10.00. The van der Waals surface area contributed by atoms with Gasteiger partial charge in [0.25, 0.3) is 5.91 Å². The Balaban J connectivity index is 1.78. The van der Waals surface area contributed by atoms with Gasteiger partial charge in [0.1, 0.15) is 9.84 Å². The molecule has 0 aliphatic heterocycles. The van der Waals surface area contributed by atoms with E-state index in [9.17, 15) is 13.2 Å². The van der Waals surface area contributed by atoms with Crippen molar-refractivity contribution in [1.29, 1.82) is 0 Å². The van der Waals surface area contributed by atoms with Crippen LogP contribution in [-0.2, 0) is 16.3 Å². The van der Waals surface area contributed by atoms with Crippen molar-refractivity contribution in [3.8, 4) is 0 Å². The van der Waals surface area contributed by atoms with E-state index in [0.29, 0.717) is 17.0 Å². The zero-order chi connectivity index (χ0) is 21.3. The van der Waals surface area contributed by atoms with Gasteiger partial charge in [-0.3, -0.25) is 4.79 Å². The molecule has 154 valence electrons. The zero-order valence-corrected chi connectivity index (χ0v) is 18.1. The van der Waals surface area contributed by atoms with Crippen molar-refractivity contribution >= 4 is 49.9 Å². The summed E-state index contributed by atoms with van der Waals surface area (Å²) >= 11 is 6.32. The fourth-order valence-corrected chi connectivity index (χ4v) is 4.42. The first-order valence-electron chi connectivity index (χ1n) is 9.66. The molecule has 7 heteroatoms. The lowest BCUT2D eigenvalue weighted by Gasteiger charge is -2.13. The van der Waals surface area contributed by atoms with E-state index < -0.39 is 9.84 Å². The van der Waals surface area contributed by atoms with Crippen LogP contribution in [0.1, 0.15) is 33.6 Å². The molecule has 0 radical (unpaired) electrons. The average Bonchev–Trinajstić information content (AvgIpc) is 3.09. The number of fused-ring (bicyclic) bond motifs is 2. The number of aromatic nitrogens is 1. The highest BCUT2D eigenvalue weighted by Gasteiger charge is 2.26. The molecule has 0 saturated carbocycles. The van der Waals surface area contributed by atoms with Gasteiger partial charge in [-0.05, 0) is 47.8 Å². The van der Waals surface area contributed by atoms with Crippen molar-refractivity contribution in [1.82, 2.24) is 10.3 Å². The first-order chi connectivity index (χ1) is 14.3. The number of carbonyl (C=O) groups excluding carboxylic acids is 1. The summed E-state index contributed by atoms with van der Waals surface area (Å²) < 4.78 is 22.8. The third-order valence-electron chi connectivity index (χ3n) is 5.16. The number of allylic oxidation sites excluding steroid dienone is 1. The molecule has 0 spiro atoms. The molecule has 0 bridgehead atoms. The fraction of sp³-hybridized carbons (Fsp3) is 0.217. The second-order valence-corrected chi connectivity index (χ2v) is 10.1. The monoisotopic (exact) mass is 440 g/mol. The number of para-hydroxylation sites is 1. The minimum absolute atomic E-state index is 0.0748. The quantitative estimate of drug-likeness (QED) is 0.646. The van der Waals surface area contributed by atoms with Crippen LogP contribution >= 0.6 is 11.6 Å². The second kappa shape index (κ2) is 8.20.